The fraction of sp³-hybridized carbons (Fsp3) is 0.714. The van der Waals surface area contributed by atoms with Gasteiger partial charge in [0.25, 0.3) is 0 Å². The minimum atomic E-state index is -5.00. The topological polar surface area (TPSA) is 133 Å². The Kier molecular flexibility index (Phi) is 4.62. The van der Waals surface area contributed by atoms with Crippen molar-refractivity contribution in [2.24, 2.45) is 5.73 Å². The summed E-state index contributed by atoms with van der Waals surface area (Å²) in [6, 6.07) is -2.14. The number of hydrogen-bond acceptors (Lipinski definition) is 6. The van der Waals surface area contributed by atoms with Crippen LogP contribution < -0.4 is 35.3 Å². The van der Waals surface area contributed by atoms with Gasteiger partial charge in [-0.25, -0.2) is 13.2 Å². The molecule has 0 saturated carbocycles. The number of amides is 3. The molecule has 0 radical (unpaired) electrons. The molecule has 2 heterocycles. The SMILES string of the molecule is N[13C](=O)[13C@@H]1[13CH2][13CH2][13C@@H]2CN1C(=O)N2OS(=O)(=O)[O-].[Na+]. The summed E-state index contributed by atoms with van der Waals surface area (Å²) in [7, 11) is -5.00. The Morgan fingerprint density at radius 1 is 1.44 bits per heavy atom. The van der Waals surface area contributed by atoms with Gasteiger partial charge in [-0.15, -0.1) is 0 Å². The van der Waals surface area contributed by atoms with Crippen LogP contribution in [0.4, 0.5) is 4.79 Å². The number of nitrogens with two attached hydrogens (primary N) is 1. The van der Waals surface area contributed by atoms with Crippen molar-refractivity contribution >= 4 is 22.3 Å². The third-order valence-electron chi connectivity index (χ3n) is 2.82. The summed E-state index contributed by atoms with van der Waals surface area (Å²) < 4.78 is 35.4. The predicted molar refractivity (Wildman–Crippen MR) is 50.7 cm³/mol. The monoisotopic (exact) mass is 292 g/mol. The fourth-order valence-corrected chi connectivity index (χ4v) is 2.51. The predicted octanol–water partition coefficient (Wildman–Crippen LogP) is -4.86. The molecule has 11 heteroatoms. The van der Waals surface area contributed by atoms with Gasteiger partial charge in [-0.05, 0) is 12.8 Å². The number of hydroxylamine groups is 2. The van der Waals surface area contributed by atoms with Gasteiger partial charge in [-0.3, -0.25) is 4.79 Å². The average molecular weight is 292 g/mol. The maximum Gasteiger partial charge on any atom is 1.00 e. The number of piperidine rings is 1. The first kappa shape index (κ1) is 15.7. The van der Waals surface area contributed by atoms with E-state index in [1.54, 1.807) is 0 Å². The molecule has 2 N–H and O–H groups in total. The van der Waals surface area contributed by atoms with Crippen molar-refractivity contribution in [2.45, 2.75) is 24.9 Å². The molecule has 2 saturated heterocycles. The Balaban J connectivity index is 0.00000162. The number of primary amides is 1. The van der Waals surface area contributed by atoms with Crippen molar-refractivity contribution < 1.29 is 56.4 Å². The minimum absolute atomic E-state index is 0. The van der Waals surface area contributed by atoms with Crippen LogP contribution in [0.2, 0.25) is 0 Å². The molecular weight excluding hydrogens is 282 g/mol. The molecular formula is C7H10N3NaO6S. The summed E-state index contributed by atoms with van der Waals surface area (Å²) in [5.74, 6) is -0.663. The number of carbonyl (C=O) groups is 2. The Bertz CT molecular complexity index is 468. The molecule has 2 bridgehead atoms. The Labute approximate surface area is 125 Å². The number of rotatable bonds is 3. The molecule has 0 aromatic carbocycles. The second-order valence-electron chi connectivity index (χ2n) is 3.89. The van der Waals surface area contributed by atoms with Crippen molar-refractivity contribution in [3.8, 4) is 0 Å². The molecule has 2 aliphatic rings. The third-order valence-corrected chi connectivity index (χ3v) is 3.17. The summed E-state index contributed by atoms with van der Waals surface area (Å²) in [4.78, 5) is 23.9. The quantitative estimate of drug-likeness (QED) is 0.240. The van der Waals surface area contributed by atoms with Crippen LogP contribution >= 0.6 is 0 Å². The first-order chi connectivity index (χ1) is 7.79. The zero-order valence-electron chi connectivity index (χ0n) is 9.61. The van der Waals surface area contributed by atoms with Gasteiger partial charge in [0.05, 0.1) is 6.04 Å². The normalized spacial score (nSPS) is 27.1. The summed E-state index contributed by atoms with van der Waals surface area (Å²) in [6.07, 6.45) is 0.676. The second-order valence-corrected chi connectivity index (χ2v) is 4.86. The molecule has 18 heavy (non-hydrogen) atoms. The van der Waals surface area contributed by atoms with E-state index in [0.29, 0.717) is 17.9 Å². The van der Waals surface area contributed by atoms with Gasteiger partial charge in [0.15, 0.2) is 0 Å². The first-order valence-electron chi connectivity index (χ1n) is 4.84. The van der Waals surface area contributed by atoms with Gasteiger partial charge in [0.2, 0.25) is 16.3 Å². The van der Waals surface area contributed by atoms with Gasteiger partial charge in [0, 0.05) is 6.54 Å². The van der Waals surface area contributed by atoms with E-state index in [1.807, 2.05) is 0 Å². The smallest absolute Gasteiger partial charge is 0.724 e. The van der Waals surface area contributed by atoms with Gasteiger partial charge in [-0.1, -0.05) is 0 Å². The molecule has 2 rings (SSSR count). The average Bonchev–Trinajstić information content (AvgIpc) is 2.42. The van der Waals surface area contributed by atoms with Gasteiger partial charge in [0.1, 0.15) is 6.04 Å². The molecule has 0 aromatic heterocycles. The Morgan fingerprint density at radius 3 is 2.56 bits per heavy atom. The van der Waals surface area contributed by atoms with Crippen LogP contribution in [0.5, 0.6) is 0 Å². The molecule has 0 unspecified atom stereocenters. The molecule has 0 spiro atoms. The molecule has 2 aliphatic heterocycles. The molecule has 9 nitrogen and oxygen atoms in total. The molecule has 3 amide bonds. The number of nitrogens with zero attached hydrogens (tertiary/aromatic N) is 2. The molecule has 2 fully saturated rings. The standard InChI is InChI=1S/C7H11N3O6S.Na/c8-6(11)5-2-1-4-3-9(5)7(12)10(4)16-17(13,14)15;/h4-5H,1-3H2,(H2,8,11)(H,13,14,15);/q;+1/p-1/t4-,5+;/m1./s1/i1+1,2+1,4+1,5+1,6+1;. The van der Waals surface area contributed by atoms with E-state index < -0.39 is 34.4 Å². The first-order valence-corrected chi connectivity index (χ1v) is 6.17. The zero-order valence-corrected chi connectivity index (χ0v) is 12.4. The largest absolute Gasteiger partial charge is 1.00 e. The van der Waals surface area contributed by atoms with Crippen molar-refractivity contribution in [1.82, 2.24) is 9.96 Å². The van der Waals surface area contributed by atoms with E-state index in [1.165, 1.54) is 0 Å². The second kappa shape index (κ2) is 5.31. The van der Waals surface area contributed by atoms with Crippen LogP contribution in [-0.4, -0.2) is 53.5 Å². The van der Waals surface area contributed by atoms with E-state index in [2.05, 4.69) is 4.28 Å². The minimum Gasteiger partial charge on any atom is -0.724 e. The zero-order chi connectivity index (χ0) is 12.8. The van der Waals surface area contributed by atoms with Crippen molar-refractivity contribution in [2.75, 3.05) is 6.54 Å². The number of fused-ring (bicyclic) bond motifs is 2. The van der Waals surface area contributed by atoms with Crippen LogP contribution in [0.1, 0.15) is 12.8 Å². The third kappa shape index (κ3) is 2.95. The van der Waals surface area contributed by atoms with Gasteiger partial charge >= 0.3 is 35.6 Å². The fourth-order valence-electron chi connectivity index (χ4n) is 2.12. The van der Waals surface area contributed by atoms with E-state index in [-0.39, 0.29) is 36.1 Å². The van der Waals surface area contributed by atoms with Crippen LogP contribution in [0.3, 0.4) is 0 Å². The summed E-state index contributed by atoms with van der Waals surface area (Å²) in [6.45, 7) is 0.127. The maximum absolute atomic E-state index is 11.7. The maximum atomic E-state index is 11.7. The van der Waals surface area contributed by atoms with E-state index in [4.69, 9.17) is 5.73 Å². The van der Waals surface area contributed by atoms with Crippen LogP contribution in [0, 0.1) is 0 Å². The molecule has 2 atom stereocenters. The van der Waals surface area contributed by atoms with E-state index in [0.717, 1.165) is 4.90 Å². The van der Waals surface area contributed by atoms with Crippen LogP contribution in [0.15, 0.2) is 0 Å². The molecule has 0 aromatic rings. The van der Waals surface area contributed by atoms with Crippen molar-refractivity contribution in [3.05, 3.63) is 0 Å². The number of carbonyl (C=O) groups excluding carboxylic acids is 2. The Morgan fingerprint density at radius 2 is 2.06 bits per heavy atom. The van der Waals surface area contributed by atoms with Crippen LogP contribution in [0.25, 0.3) is 0 Å². The van der Waals surface area contributed by atoms with Gasteiger partial charge < -0.3 is 15.2 Å². The van der Waals surface area contributed by atoms with Crippen molar-refractivity contribution in [1.29, 1.82) is 0 Å². The molecule has 96 valence electrons. The number of urea groups is 1. The summed E-state index contributed by atoms with van der Waals surface area (Å²) >= 11 is 0. The van der Waals surface area contributed by atoms with E-state index in [9.17, 15) is 22.6 Å². The van der Waals surface area contributed by atoms with Crippen molar-refractivity contribution in [3.63, 3.8) is 0 Å². The number of hydrogen-bond donors (Lipinski definition) is 1. The van der Waals surface area contributed by atoms with Crippen LogP contribution in [-0.2, 0) is 19.5 Å². The Hall–Kier alpha value is -0.390. The summed E-state index contributed by atoms with van der Waals surface area (Å²) in [5.41, 5.74) is 5.11. The van der Waals surface area contributed by atoms with E-state index >= 15 is 0 Å². The summed E-state index contributed by atoms with van der Waals surface area (Å²) in [5, 5.41) is 0.505. The molecule has 0 aliphatic carbocycles. The van der Waals surface area contributed by atoms with Gasteiger partial charge in [-0.2, -0.15) is 9.35 Å².